The Balaban J connectivity index is 1.73. The molecule has 0 radical (unpaired) electrons. The predicted octanol–water partition coefficient (Wildman–Crippen LogP) is 8.13. The van der Waals surface area contributed by atoms with Crippen molar-refractivity contribution in [3.63, 3.8) is 0 Å². The fraction of sp³-hybridized carbons (Fsp3) is 0.447. The molecule has 11 nitrogen and oxygen atoms in total. The highest BCUT2D eigenvalue weighted by Crippen LogP contribution is 2.35. The minimum absolute atomic E-state index is 0.0202. The molecule has 13 heteroatoms. The molecule has 278 valence electrons. The number of methoxy groups -OCH3 is 2. The normalized spacial score (nSPS) is 11.4. The van der Waals surface area contributed by atoms with Crippen LogP contribution in [0.2, 0.25) is 0 Å². The second kappa shape index (κ2) is 20.1. The molecule has 0 aliphatic carbocycles. The molecule has 3 rings (SSSR count). The Labute approximate surface area is 311 Å². The van der Waals surface area contributed by atoms with Crippen molar-refractivity contribution in [2.24, 2.45) is 0 Å². The third-order valence-electron chi connectivity index (χ3n) is 6.94. The van der Waals surface area contributed by atoms with Crippen LogP contribution in [0.3, 0.4) is 0 Å². The smallest absolute Gasteiger partial charge is 0.417 e. The third-order valence-corrected chi connectivity index (χ3v) is 9.22. The van der Waals surface area contributed by atoms with Gasteiger partial charge in [-0.15, -0.1) is 11.8 Å². The molecule has 0 unspecified atom stereocenters. The van der Waals surface area contributed by atoms with E-state index in [1.165, 1.54) is 5.56 Å². The second-order valence-corrected chi connectivity index (χ2v) is 15.6. The lowest BCUT2D eigenvalue weighted by Crippen LogP contribution is -2.49. The van der Waals surface area contributed by atoms with Gasteiger partial charge in [-0.3, -0.25) is 10.7 Å². The maximum absolute atomic E-state index is 13.5. The van der Waals surface area contributed by atoms with E-state index in [0.717, 1.165) is 62.7 Å². The van der Waals surface area contributed by atoms with E-state index in [9.17, 15) is 9.59 Å². The number of ether oxygens (including phenoxy) is 4. The first-order valence-electron chi connectivity index (χ1n) is 16.8. The van der Waals surface area contributed by atoms with E-state index < -0.39 is 29.3 Å². The van der Waals surface area contributed by atoms with Crippen LogP contribution in [0, 0.1) is 5.41 Å². The lowest BCUT2D eigenvalue weighted by Gasteiger charge is -2.29. The fourth-order valence-corrected chi connectivity index (χ4v) is 6.53. The molecule has 4 N–H and O–H groups in total. The molecule has 0 saturated heterocycles. The van der Waals surface area contributed by atoms with E-state index in [-0.39, 0.29) is 6.54 Å². The van der Waals surface area contributed by atoms with Crippen LogP contribution in [0.25, 0.3) is 0 Å². The van der Waals surface area contributed by atoms with Crippen molar-refractivity contribution in [1.29, 1.82) is 5.41 Å². The van der Waals surface area contributed by atoms with E-state index in [1.54, 1.807) is 67.5 Å². The fourth-order valence-electron chi connectivity index (χ4n) is 4.55. The topological polar surface area (TPSA) is 134 Å². The monoisotopic (exact) mass is 739 g/mol. The van der Waals surface area contributed by atoms with E-state index in [4.69, 9.17) is 24.4 Å². The number of anilines is 1. The Kier molecular flexibility index (Phi) is 16.3. The largest absolute Gasteiger partial charge is 0.497 e. The van der Waals surface area contributed by atoms with Gasteiger partial charge in [-0.2, -0.15) is 11.8 Å². The van der Waals surface area contributed by atoms with E-state index in [2.05, 4.69) is 28.1 Å². The van der Waals surface area contributed by atoms with Crippen molar-refractivity contribution in [3.8, 4) is 11.5 Å². The molecule has 2 amide bonds. The van der Waals surface area contributed by atoms with E-state index in [1.807, 2.05) is 66.4 Å². The highest BCUT2D eigenvalue weighted by Gasteiger charge is 2.29. The minimum Gasteiger partial charge on any atom is -0.497 e. The highest BCUT2D eigenvalue weighted by atomic mass is 32.2. The van der Waals surface area contributed by atoms with Crippen LogP contribution in [-0.2, 0) is 27.5 Å². The van der Waals surface area contributed by atoms with Gasteiger partial charge >= 0.3 is 12.2 Å². The number of guanidine groups is 1. The lowest BCUT2D eigenvalue weighted by atomic mass is 10.1. The SMILES string of the molecule is COc1ccc(CSCCNCCNc2cccc(CN(C(=N)NC(=O)OC(C)(C)C)C(=O)OC(C)(C)C)c2SCc2ccc(OC)cc2)cc1. The Morgan fingerprint density at radius 2 is 1.35 bits per heavy atom. The number of benzene rings is 3. The van der Waals surface area contributed by atoms with Gasteiger partial charge in [-0.05, 0) is 88.6 Å². The molecule has 0 aliphatic rings. The first kappa shape index (κ1) is 41.4. The summed E-state index contributed by atoms with van der Waals surface area (Å²) in [4.78, 5) is 28.1. The number of rotatable bonds is 16. The van der Waals surface area contributed by atoms with Gasteiger partial charge in [0.1, 0.15) is 22.7 Å². The predicted molar refractivity (Wildman–Crippen MR) is 208 cm³/mol. The average molecular weight is 740 g/mol. The number of alkyl carbamates (subject to hydrolysis) is 1. The number of thioether (sulfide) groups is 2. The molecular weight excluding hydrogens is 687 g/mol. The maximum atomic E-state index is 13.5. The summed E-state index contributed by atoms with van der Waals surface area (Å²) in [5.74, 6) is 3.77. The number of carbonyl (C=O) groups excluding carboxylic acids is 2. The summed E-state index contributed by atoms with van der Waals surface area (Å²) < 4.78 is 21.6. The van der Waals surface area contributed by atoms with Crippen LogP contribution < -0.4 is 25.4 Å². The van der Waals surface area contributed by atoms with Crippen molar-refractivity contribution in [2.75, 3.05) is 44.9 Å². The van der Waals surface area contributed by atoms with Crippen molar-refractivity contribution >= 4 is 47.4 Å². The van der Waals surface area contributed by atoms with Crippen molar-refractivity contribution < 1.29 is 28.5 Å². The van der Waals surface area contributed by atoms with Gasteiger partial charge in [0.05, 0.1) is 20.8 Å². The van der Waals surface area contributed by atoms with Gasteiger partial charge < -0.3 is 29.6 Å². The number of hydrogen-bond donors (Lipinski definition) is 4. The van der Waals surface area contributed by atoms with Crippen LogP contribution >= 0.6 is 23.5 Å². The first-order valence-corrected chi connectivity index (χ1v) is 18.9. The summed E-state index contributed by atoms with van der Waals surface area (Å²) >= 11 is 3.50. The number of nitrogens with one attached hydrogen (secondary N) is 4. The summed E-state index contributed by atoms with van der Waals surface area (Å²) in [7, 11) is 3.31. The Hall–Kier alpha value is -4.07. The Morgan fingerprint density at radius 1 is 0.765 bits per heavy atom. The number of nitrogens with zero attached hydrogens (tertiary/aromatic N) is 1. The lowest BCUT2D eigenvalue weighted by molar-refractivity contribution is 0.0345. The number of hydrogen-bond acceptors (Lipinski definition) is 11. The molecule has 0 saturated carbocycles. The number of carbonyl (C=O) groups is 2. The quantitative estimate of drug-likeness (QED) is 0.0494. The summed E-state index contributed by atoms with van der Waals surface area (Å²) in [6.45, 7) is 12.7. The molecule has 0 fully saturated rings. The molecule has 0 spiro atoms. The molecule has 3 aromatic rings. The third kappa shape index (κ3) is 15.4. The van der Waals surface area contributed by atoms with Crippen molar-refractivity contribution in [3.05, 3.63) is 83.4 Å². The summed E-state index contributed by atoms with van der Waals surface area (Å²) in [5, 5.41) is 18.2. The average Bonchev–Trinajstić information content (AvgIpc) is 3.06. The van der Waals surface area contributed by atoms with Crippen LogP contribution in [0.4, 0.5) is 15.3 Å². The molecule has 51 heavy (non-hydrogen) atoms. The molecule has 0 aromatic heterocycles. The molecule has 0 heterocycles. The zero-order valence-electron chi connectivity index (χ0n) is 31.0. The van der Waals surface area contributed by atoms with Gasteiger partial charge in [0.2, 0.25) is 5.96 Å². The maximum Gasteiger partial charge on any atom is 0.417 e. The van der Waals surface area contributed by atoms with Crippen LogP contribution in [0.5, 0.6) is 11.5 Å². The summed E-state index contributed by atoms with van der Waals surface area (Å²) in [5.41, 5.74) is 2.44. The molecule has 0 aliphatic heterocycles. The van der Waals surface area contributed by atoms with E-state index >= 15 is 0 Å². The van der Waals surface area contributed by atoms with Crippen LogP contribution in [0.15, 0.2) is 71.6 Å². The second-order valence-electron chi connectivity index (χ2n) is 13.5. The van der Waals surface area contributed by atoms with Crippen molar-refractivity contribution in [2.45, 2.75) is 75.7 Å². The van der Waals surface area contributed by atoms with Gasteiger partial charge in [-0.1, -0.05) is 36.4 Å². The minimum atomic E-state index is -0.836. The first-order chi connectivity index (χ1) is 24.2. The van der Waals surface area contributed by atoms with Gasteiger partial charge in [0, 0.05) is 47.5 Å². The summed E-state index contributed by atoms with van der Waals surface area (Å²) in [6, 6.07) is 21.9. The Morgan fingerprint density at radius 3 is 1.92 bits per heavy atom. The molecule has 0 bridgehead atoms. The number of amides is 2. The standard InChI is InChI=1S/C38H53N5O6S2/c1-37(2,3)48-35(44)42-34(39)43(36(45)49-38(4,5)6)24-29-10-9-11-32(33(29)51-26-28-14-18-31(47-8)19-15-28)41-21-20-40-22-23-50-25-27-12-16-30(46-7)17-13-27/h9-19,40-41H,20-26H2,1-8H3,(H2,39,42,44). The highest BCUT2D eigenvalue weighted by molar-refractivity contribution is 7.98. The van der Waals surface area contributed by atoms with Gasteiger partial charge in [-0.25, -0.2) is 14.5 Å². The van der Waals surface area contributed by atoms with Gasteiger partial charge in [0.15, 0.2) is 0 Å². The molecular formula is C38H53N5O6S2. The zero-order valence-corrected chi connectivity index (χ0v) is 32.6. The van der Waals surface area contributed by atoms with E-state index in [0.29, 0.717) is 12.3 Å². The van der Waals surface area contributed by atoms with Crippen molar-refractivity contribution in [1.82, 2.24) is 15.5 Å². The Bertz CT molecular complexity index is 1560. The van der Waals surface area contributed by atoms with Gasteiger partial charge in [0.25, 0.3) is 0 Å². The van der Waals surface area contributed by atoms with Crippen LogP contribution in [0.1, 0.15) is 58.2 Å². The zero-order chi connectivity index (χ0) is 37.4. The van der Waals surface area contributed by atoms with Crippen LogP contribution in [-0.4, -0.2) is 73.9 Å². The molecule has 0 atom stereocenters. The molecule has 3 aromatic carbocycles. The summed E-state index contributed by atoms with van der Waals surface area (Å²) in [6.07, 6.45) is -1.60.